The van der Waals surface area contributed by atoms with Crippen molar-refractivity contribution in [2.24, 2.45) is 0 Å². The summed E-state index contributed by atoms with van der Waals surface area (Å²) in [6.07, 6.45) is 4.64. The number of rotatable bonds is 10. The molecule has 6 nitrogen and oxygen atoms in total. The molecular weight excluding hydrogens is 412 g/mol. The Hall–Kier alpha value is -2.41. The van der Waals surface area contributed by atoms with E-state index < -0.39 is 0 Å². The first-order valence-corrected chi connectivity index (χ1v) is 12.5. The van der Waals surface area contributed by atoms with Crippen LogP contribution in [0.3, 0.4) is 0 Å². The largest absolute Gasteiger partial charge is 0.379 e. The molecule has 0 saturated carbocycles. The van der Waals surface area contributed by atoms with E-state index >= 15 is 0 Å². The molecule has 0 bridgehead atoms. The normalized spacial score (nSPS) is 17.8. The predicted molar refractivity (Wildman–Crippen MR) is 135 cm³/mol. The van der Waals surface area contributed by atoms with Gasteiger partial charge >= 0.3 is 0 Å². The van der Waals surface area contributed by atoms with Gasteiger partial charge in [-0.15, -0.1) is 0 Å². The number of benzene rings is 2. The SMILES string of the molecule is O=C(CCCc1ccccc1)Nc1cccc(N2CCC(NCCN3CCOCC3)CC2)c1. The Kier molecular flexibility index (Phi) is 9.16. The summed E-state index contributed by atoms with van der Waals surface area (Å²) < 4.78 is 5.42. The summed E-state index contributed by atoms with van der Waals surface area (Å²) in [5.74, 6) is 0.0891. The molecular formula is C27H38N4O2. The van der Waals surface area contributed by atoms with Crippen LogP contribution in [0.2, 0.25) is 0 Å². The Morgan fingerprint density at radius 1 is 0.970 bits per heavy atom. The second-order valence-electron chi connectivity index (χ2n) is 9.11. The maximum atomic E-state index is 12.4. The third kappa shape index (κ3) is 7.84. The van der Waals surface area contributed by atoms with Crippen LogP contribution < -0.4 is 15.5 Å². The van der Waals surface area contributed by atoms with Crippen molar-refractivity contribution in [3.63, 3.8) is 0 Å². The fourth-order valence-electron chi connectivity index (χ4n) is 4.69. The van der Waals surface area contributed by atoms with Gasteiger partial charge in [0.15, 0.2) is 0 Å². The van der Waals surface area contributed by atoms with Gasteiger partial charge in [-0.1, -0.05) is 36.4 Å². The molecule has 6 heteroatoms. The number of anilines is 2. The smallest absolute Gasteiger partial charge is 0.224 e. The Morgan fingerprint density at radius 3 is 2.55 bits per heavy atom. The number of amides is 1. The van der Waals surface area contributed by atoms with Gasteiger partial charge in [0, 0.05) is 63.1 Å². The average molecular weight is 451 g/mol. The van der Waals surface area contributed by atoms with Crippen molar-refractivity contribution in [3.8, 4) is 0 Å². The molecule has 0 unspecified atom stereocenters. The fourth-order valence-corrected chi connectivity index (χ4v) is 4.69. The summed E-state index contributed by atoms with van der Waals surface area (Å²) in [5, 5.41) is 6.83. The van der Waals surface area contributed by atoms with E-state index in [4.69, 9.17) is 4.74 Å². The van der Waals surface area contributed by atoms with Gasteiger partial charge in [-0.25, -0.2) is 0 Å². The molecule has 0 aromatic heterocycles. The van der Waals surface area contributed by atoms with Crippen LogP contribution in [0, 0.1) is 0 Å². The molecule has 2 aromatic rings. The second-order valence-corrected chi connectivity index (χ2v) is 9.11. The topological polar surface area (TPSA) is 56.8 Å². The lowest BCUT2D eigenvalue weighted by atomic mass is 10.0. The van der Waals surface area contributed by atoms with Crippen LogP contribution in [0.4, 0.5) is 11.4 Å². The molecule has 2 saturated heterocycles. The van der Waals surface area contributed by atoms with Gasteiger partial charge in [-0.3, -0.25) is 9.69 Å². The van der Waals surface area contributed by atoms with Gasteiger partial charge in [0.2, 0.25) is 5.91 Å². The number of hydrogen-bond donors (Lipinski definition) is 2. The molecule has 0 spiro atoms. The fraction of sp³-hybridized carbons (Fsp3) is 0.519. The van der Waals surface area contributed by atoms with Crippen molar-refractivity contribution < 1.29 is 9.53 Å². The molecule has 2 N–H and O–H groups in total. The molecule has 0 aliphatic carbocycles. The predicted octanol–water partition coefficient (Wildman–Crippen LogP) is 3.54. The quantitative estimate of drug-likeness (QED) is 0.580. The van der Waals surface area contributed by atoms with Crippen molar-refractivity contribution in [2.45, 2.75) is 38.1 Å². The van der Waals surface area contributed by atoms with E-state index in [1.807, 2.05) is 30.3 Å². The highest BCUT2D eigenvalue weighted by atomic mass is 16.5. The van der Waals surface area contributed by atoms with Crippen LogP contribution in [0.15, 0.2) is 54.6 Å². The number of piperidine rings is 1. The van der Waals surface area contributed by atoms with Crippen molar-refractivity contribution in [1.29, 1.82) is 0 Å². The van der Waals surface area contributed by atoms with Crippen LogP contribution >= 0.6 is 0 Å². The average Bonchev–Trinajstić information content (AvgIpc) is 2.86. The van der Waals surface area contributed by atoms with Gasteiger partial charge in [0.05, 0.1) is 13.2 Å². The summed E-state index contributed by atoms with van der Waals surface area (Å²) in [6, 6.07) is 19.2. The Bertz CT molecular complexity index is 846. The van der Waals surface area contributed by atoms with Gasteiger partial charge in [-0.2, -0.15) is 0 Å². The molecule has 0 atom stereocenters. The maximum Gasteiger partial charge on any atom is 0.224 e. The lowest BCUT2D eigenvalue weighted by molar-refractivity contribution is -0.116. The highest BCUT2D eigenvalue weighted by Gasteiger charge is 2.20. The third-order valence-corrected chi connectivity index (χ3v) is 6.67. The molecule has 1 amide bonds. The van der Waals surface area contributed by atoms with Crippen molar-refractivity contribution in [3.05, 3.63) is 60.2 Å². The minimum absolute atomic E-state index is 0.0891. The van der Waals surface area contributed by atoms with Gasteiger partial charge < -0.3 is 20.3 Å². The van der Waals surface area contributed by atoms with E-state index in [1.54, 1.807) is 0 Å². The summed E-state index contributed by atoms with van der Waals surface area (Å²) in [5.41, 5.74) is 3.37. The van der Waals surface area contributed by atoms with E-state index in [2.05, 4.69) is 44.7 Å². The van der Waals surface area contributed by atoms with Crippen LogP contribution in [0.5, 0.6) is 0 Å². The number of nitrogens with one attached hydrogen (secondary N) is 2. The van der Waals surface area contributed by atoms with E-state index in [-0.39, 0.29) is 5.91 Å². The first kappa shape index (κ1) is 23.7. The first-order valence-electron chi connectivity index (χ1n) is 12.5. The zero-order chi connectivity index (χ0) is 22.7. The first-order chi connectivity index (χ1) is 16.3. The lowest BCUT2D eigenvalue weighted by Gasteiger charge is -2.35. The Labute approximate surface area is 198 Å². The van der Waals surface area contributed by atoms with Gasteiger partial charge in [0.25, 0.3) is 0 Å². The van der Waals surface area contributed by atoms with E-state index in [9.17, 15) is 4.79 Å². The highest BCUT2D eigenvalue weighted by molar-refractivity contribution is 5.91. The van der Waals surface area contributed by atoms with Crippen molar-refractivity contribution in [1.82, 2.24) is 10.2 Å². The maximum absolute atomic E-state index is 12.4. The van der Waals surface area contributed by atoms with Gasteiger partial charge in [0.1, 0.15) is 0 Å². The Balaban J connectivity index is 1.16. The summed E-state index contributed by atoms with van der Waals surface area (Å²) in [6.45, 7) is 8.10. The molecule has 2 aliphatic rings. The molecule has 178 valence electrons. The number of aryl methyl sites for hydroxylation is 1. The minimum Gasteiger partial charge on any atom is -0.379 e. The molecule has 4 rings (SSSR count). The molecule has 2 heterocycles. The van der Waals surface area contributed by atoms with Crippen molar-refractivity contribution in [2.75, 3.05) is 62.7 Å². The molecule has 2 fully saturated rings. The number of morpholine rings is 1. The molecule has 33 heavy (non-hydrogen) atoms. The van der Waals surface area contributed by atoms with E-state index in [0.29, 0.717) is 12.5 Å². The number of ether oxygens (including phenoxy) is 1. The minimum atomic E-state index is 0.0891. The van der Waals surface area contributed by atoms with Gasteiger partial charge in [-0.05, 0) is 49.4 Å². The van der Waals surface area contributed by atoms with Crippen LogP contribution in [-0.2, 0) is 16.0 Å². The zero-order valence-electron chi connectivity index (χ0n) is 19.7. The number of hydrogen-bond acceptors (Lipinski definition) is 5. The summed E-state index contributed by atoms with van der Waals surface area (Å²) in [7, 11) is 0. The Morgan fingerprint density at radius 2 is 1.76 bits per heavy atom. The number of nitrogens with zero attached hydrogens (tertiary/aromatic N) is 2. The zero-order valence-corrected chi connectivity index (χ0v) is 19.7. The van der Waals surface area contributed by atoms with E-state index in [0.717, 1.165) is 83.9 Å². The molecule has 0 radical (unpaired) electrons. The molecule has 2 aliphatic heterocycles. The highest BCUT2D eigenvalue weighted by Crippen LogP contribution is 2.23. The number of carbonyl (C=O) groups is 1. The summed E-state index contributed by atoms with van der Waals surface area (Å²) in [4.78, 5) is 17.3. The van der Waals surface area contributed by atoms with Crippen LogP contribution in [0.25, 0.3) is 0 Å². The van der Waals surface area contributed by atoms with E-state index in [1.165, 1.54) is 11.3 Å². The number of carbonyl (C=O) groups excluding carboxylic acids is 1. The second kappa shape index (κ2) is 12.7. The standard InChI is InChI=1S/C27H38N4O2/c32-27(11-4-8-23-6-2-1-3-7-23)29-25-9-5-10-26(22-25)31-15-12-24(13-16-31)28-14-17-30-18-20-33-21-19-30/h1-3,5-7,9-10,22,24,28H,4,8,11-21H2,(H,29,32). The monoisotopic (exact) mass is 450 g/mol. The molecule has 2 aromatic carbocycles. The lowest BCUT2D eigenvalue weighted by Crippen LogP contribution is -2.46. The van der Waals surface area contributed by atoms with Crippen LogP contribution in [0.1, 0.15) is 31.2 Å². The third-order valence-electron chi connectivity index (χ3n) is 6.67. The summed E-state index contributed by atoms with van der Waals surface area (Å²) >= 11 is 0. The van der Waals surface area contributed by atoms with Crippen molar-refractivity contribution >= 4 is 17.3 Å². The van der Waals surface area contributed by atoms with Crippen LogP contribution in [-0.4, -0.2) is 69.3 Å².